The predicted octanol–water partition coefficient (Wildman–Crippen LogP) is 5.27. The minimum atomic E-state index is -6.00. The summed E-state index contributed by atoms with van der Waals surface area (Å²) >= 11 is 0. The Kier molecular flexibility index (Phi) is 6.06. The van der Waals surface area contributed by atoms with E-state index < -0.39 is 61.0 Å². The minimum absolute atomic E-state index is 0.150. The topological polar surface area (TPSA) is 18.5 Å². The van der Waals surface area contributed by atoms with Crippen molar-refractivity contribution < 1.29 is 49.0 Å². The van der Waals surface area contributed by atoms with Crippen LogP contribution >= 0.6 is 0 Å². The van der Waals surface area contributed by atoms with Gasteiger partial charge in [0.05, 0.1) is 0 Å². The summed E-state index contributed by atoms with van der Waals surface area (Å²) in [5, 5.41) is 0. The van der Waals surface area contributed by atoms with E-state index in [4.69, 9.17) is 0 Å². The first-order chi connectivity index (χ1) is 11.1. The number of alkyl halides is 9. The molecule has 150 valence electrons. The van der Waals surface area contributed by atoms with Gasteiger partial charge in [-0.15, -0.1) is 0 Å². The molecule has 1 saturated carbocycles. The number of halogens is 9. The van der Waals surface area contributed by atoms with Gasteiger partial charge in [-0.1, -0.05) is 13.3 Å². The van der Waals surface area contributed by atoms with Gasteiger partial charge in [0.2, 0.25) is 0 Å². The van der Waals surface area contributed by atoms with Crippen molar-refractivity contribution in [2.45, 2.75) is 62.7 Å². The first kappa shape index (κ1) is 22.3. The van der Waals surface area contributed by atoms with Crippen LogP contribution in [0.25, 0.3) is 0 Å². The molecule has 0 aliphatic heterocycles. The van der Waals surface area contributed by atoms with E-state index in [1.54, 1.807) is 0 Å². The summed E-state index contributed by atoms with van der Waals surface area (Å²) in [6.07, 6.45) is -15.0. The van der Waals surface area contributed by atoms with E-state index in [1.807, 2.05) is 0 Å². The molecular formula is C14H19F9O2. The molecule has 0 saturated heterocycles. The molecule has 11 heteroatoms. The maximum absolute atomic E-state index is 14.8. The predicted molar refractivity (Wildman–Crippen MR) is 68.8 cm³/mol. The molecule has 0 bridgehead atoms. The summed E-state index contributed by atoms with van der Waals surface area (Å²) in [5.74, 6) is -8.34. The van der Waals surface area contributed by atoms with Crippen LogP contribution in [0, 0.1) is 11.8 Å². The molecule has 1 aliphatic carbocycles. The van der Waals surface area contributed by atoms with E-state index >= 15 is 0 Å². The highest BCUT2D eigenvalue weighted by molar-refractivity contribution is 5.12. The number of rotatable bonds is 6. The minimum Gasteiger partial charge on any atom is -0.359 e. The number of ether oxygens (including phenoxy) is 2. The summed E-state index contributed by atoms with van der Waals surface area (Å²) in [6, 6.07) is 0. The number of hydrogen-bond donors (Lipinski definition) is 0. The molecule has 0 spiro atoms. The molecule has 1 aliphatic rings. The molecule has 0 N–H and O–H groups in total. The number of methoxy groups -OCH3 is 1. The molecule has 3 atom stereocenters. The monoisotopic (exact) mass is 390 g/mol. The Morgan fingerprint density at radius 2 is 1.48 bits per heavy atom. The molecule has 0 amide bonds. The highest BCUT2D eigenvalue weighted by Crippen LogP contribution is 2.61. The molecule has 25 heavy (non-hydrogen) atoms. The van der Waals surface area contributed by atoms with Gasteiger partial charge in [-0.25, -0.2) is 13.2 Å². The Labute approximate surface area is 138 Å². The average molecular weight is 390 g/mol. The Balaban J connectivity index is 3.47. The highest BCUT2D eigenvalue weighted by atomic mass is 19.4. The maximum Gasteiger partial charge on any atom is 0.426 e. The Bertz CT molecular complexity index is 441. The van der Waals surface area contributed by atoms with Crippen LogP contribution in [-0.4, -0.2) is 43.4 Å². The van der Waals surface area contributed by atoms with Gasteiger partial charge in [0.15, 0.2) is 5.67 Å². The smallest absolute Gasteiger partial charge is 0.359 e. The van der Waals surface area contributed by atoms with Crippen LogP contribution in [0.3, 0.4) is 0 Å². The van der Waals surface area contributed by atoms with Crippen LogP contribution in [-0.2, 0) is 9.47 Å². The van der Waals surface area contributed by atoms with Crippen LogP contribution in [0.15, 0.2) is 0 Å². The largest absolute Gasteiger partial charge is 0.426 e. The molecular weight excluding hydrogens is 371 g/mol. The first-order valence-electron chi connectivity index (χ1n) is 7.41. The van der Waals surface area contributed by atoms with Crippen molar-refractivity contribution in [3.05, 3.63) is 0 Å². The lowest BCUT2D eigenvalue weighted by atomic mass is 9.82. The fraction of sp³-hybridized carbons (Fsp3) is 1.00. The van der Waals surface area contributed by atoms with E-state index in [1.165, 1.54) is 6.92 Å². The van der Waals surface area contributed by atoms with Crippen molar-refractivity contribution in [1.82, 2.24) is 0 Å². The summed E-state index contributed by atoms with van der Waals surface area (Å²) in [4.78, 5) is 0. The Morgan fingerprint density at radius 3 is 1.76 bits per heavy atom. The van der Waals surface area contributed by atoms with Gasteiger partial charge >= 0.3 is 12.4 Å². The van der Waals surface area contributed by atoms with Gasteiger partial charge in [-0.2, -0.15) is 26.3 Å². The lowest BCUT2D eigenvalue weighted by Gasteiger charge is -2.41. The molecule has 0 aromatic carbocycles. The molecule has 0 aromatic rings. The zero-order valence-corrected chi connectivity index (χ0v) is 13.7. The third-order valence-electron chi connectivity index (χ3n) is 4.80. The van der Waals surface area contributed by atoms with E-state index in [2.05, 4.69) is 9.47 Å². The molecule has 0 radical (unpaired) electrons. The zero-order valence-electron chi connectivity index (χ0n) is 13.7. The van der Waals surface area contributed by atoms with Crippen molar-refractivity contribution in [3.63, 3.8) is 0 Å². The van der Waals surface area contributed by atoms with E-state index in [9.17, 15) is 39.5 Å². The van der Waals surface area contributed by atoms with Gasteiger partial charge in [0.25, 0.3) is 11.5 Å². The fourth-order valence-electron chi connectivity index (χ4n) is 3.53. The van der Waals surface area contributed by atoms with Crippen LogP contribution in [0.5, 0.6) is 0 Å². The van der Waals surface area contributed by atoms with Gasteiger partial charge in [0, 0.05) is 20.0 Å². The van der Waals surface area contributed by atoms with Crippen molar-refractivity contribution in [3.8, 4) is 0 Å². The van der Waals surface area contributed by atoms with E-state index in [-0.39, 0.29) is 13.3 Å². The third-order valence-corrected chi connectivity index (χ3v) is 4.80. The van der Waals surface area contributed by atoms with Crippen LogP contribution < -0.4 is 0 Å². The molecule has 0 heterocycles. The molecule has 1 fully saturated rings. The Hall–Kier alpha value is -0.710. The standard InChI is InChI=1S/C14H19F9O2/c1-4-8-5-9(6-11(8,17)10(2,15)16)12(13(18,19)20,14(21,22)23)25-7-24-3/h8-9H,4-7H2,1-3H3. The first-order valence-corrected chi connectivity index (χ1v) is 7.41. The second-order valence-corrected chi connectivity index (χ2v) is 6.27. The molecule has 1 rings (SSSR count). The summed E-state index contributed by atoms with van der Waals surface area (Å²) in [5.41, 5.74) is -8.28. The van der Waals surface area contributed by atoms with Crippen LogP contribution in [0.1, 0.15) is 33.1 Å². The molecule has 3 unspecified atom stereocenters. The van der Waals surface area contributed by atoms with Gasteiger partial charge < -0.3 is 9.47 Å². The molecule has 2 nitrogen and oxygen atoms in total. The van der Waals surface area contributed by atoms with Crippen molar-refractivity contribution >= 4 is 0 Å². The fourth-order valence-corrected chi connectivity index (χ4v) is 3.53. The van der Waals surface area contributed by atoms with E-state index in [0.29, 0.717) is 0 Å². The maximum atomic E-state index is 14.8. The number of hydrogen-bond acceptors (Lipinski definition) is 2. The third kappa shape index (κ3) is 3.58. The second-order valence-electron chi connectivity index (χ2n) is 6.27. The van der Waals surface area contributed by atoms with Gasteiger partial charge in [-0.05, 0) is 18.8 Å². The highest BCUT2D eigenvalue weighted by Gasteiger charge is 2.79. The Morgan fingerprint density at radius 1 is 1.00 bits per heavy atom. The zero-order chi connectivity index (χ0) is 19.9. The lowest BCUT2D eigenvalue weighted by Crippen LogP contribution is -2.63. The second kappa shape index (κ2) is 6.79. The lowest BCUT2D eigenvalue weighted by molar-refractivity contribution is -0.408. The summed E-state index contributed by atoms with van der Waals surface area (Å²) < 4.78 is 131. The van der Waals surface area contributed by atoms with Crippen molar-refractivity contribution in [2.24, 2.45) is 11.8 Å². The van der Waals surface area contributed by atoms with Crippen molar-refractivity contribution in [2.75, 3.05) is 13.9 Å². The summed E-state index contributed by atoms with van der Waals surface area (Å²) in [7, 11) is 0.806. The summed E-state index contributed by atoms with van der Waals surface area (Å²) in [6.45, 7) is -0.00297. The van der Waals surface area contributed by atoms with Crippen LogP contribution in [0.4, 0.5) is 39.5 Å². The average Bonchev–Trinajstić information content (AvgIpc) is 2.74. The normalized spacial score (nSPS) is 29.3. The SMILES string of the molecule is CCC1CC(C(OCOC)(C(F)(F)F)C(F)(F)F)CC1(F)C(C)(F)F. The van der Waals surface area contributed by atoms with Crippen molar-refractivity contribution in [1.29, 1.82) is 0 Å². The van der Waals surface area contributed by atoms with E-state index in [0.717, 1.165) is 7.11 Å². The quantitative estimate of drug-likeness (QED) is 0.455. The van der Waals surface area contributed by atoms with Gasteiger partial charge in [-0.3, -0.25) is 0 Å². The van der Waals surface area contributed by atoms with Gasteiger partial charge in [0.1, 0.15) is 6.79 Å². The van der Waals surface area contributed by atoms with Crippen LogP contribution in [0.2, 0.25) is 0 Å². The molecule has 0 aromatic heterocycles.